The molecule has 0 radical (unpaired) electrons. The molecule has 0 bridgehead atoms. The Morgan fingerprint density at radius 2 is 2.00 bits per heavy atom. The highest BCUT2D eigenvalue weighted by Gasteiger charge is 2.27. The first-order valence-corrected chi connectivity index (χ1v) is 6.52. The molecule has 0 aromatic carbocycles. The zero-order valence-corrected chi connectivity index (χ0v) is 10.4. The summed E-state index contributed by atoms with van der Waals surface area (Å²) < 4.78 is 5.63. The van der Waals surface area contributed by atoms with Crippen LogP contribution in [0.5, 0.6) is 0 Å². The first-order chi connectivity index (χ1) is 7.70. The first-order valence-electron chi connectivity index (χ1n) is 6.52. The summed E-state index contributed by atoms with van der Waals surface area (Å²) in [4.78, 5) is 0. The van der Waals surface area contributed by atoms with Crippen LogP contribution in [0.2, 0.25) is 0 Å². The van der Waals surface area contributed by atoms with E-state index in [9.17, 15) is 0 Å². The second kappa shape index (κ2) is 5.05. The number of aryl methyl sites for hydroxylation is 1. The monoisotopic (exact) mass is 221 g/mol. The topological polar surface area (TPSA) is 39.2 Å². The summed E-state index contributed by atoms with van der Waals surface area (Å²) in [6.45, 7) is 4.27. The third-order valence-corrected chi connectivity index (χ3v) is 4.07. The molecule has 0 spiro atoms. The molecule has 16 heavy (non-hydrogen) atoms. The van der Waals surface area contributed by atoms with E-state index < -0.39 is 0 Å². The Balaban J connectivity index is 1.93. The van der Waals surface area contributed by atoms with E-state index in [1.54, 1.807) is 0 Å². The molecule has 1 aliphatic carbocycles. The van der Waals surface area contributed by atoms with Gasteiger partial charge in [0.05, 0.1) is 6.04 Å². The van der Waals surface area contributed by atoms with Gasteiger partial charge >= 0.3 is 0 Å². The van der Waals surface area contributed by atoms with Gasteiger partial charge in [0, 0.05) is 0 Å². The van der Waals surface area contributed by atoms with E-state index in [2.05, 4.69) is 6.92 Å². The van der Waals surface area contributed by atoms with Gasteiger partial charge in [-0.1, -0.05) is 26.2 Å². The van der Waals surface area contributed by atoms with Gasteiger partial charge in [0.15, 0.2) is 0 Å². The molecule has 0 amide bonds. The Morgan fingerprint density at radius 1 is 1.31 bits per heavy atom. The van der Waals surface area contributed by atoms with Gasteiger partial charge in [-0.15, -0.1) is 0 Å². The second-order valence-electron chi connectivity index (χ2n) is 5.16. The Hall–Kier alpha value is -0.760. The molecule has 2 nitrogen and oxygen atoms in total. The van der Waals surface area contributed by atoms with Crippen LogP contribution in [0.1, 0.15) is 56.6 Å². The lowest BCUT2D eigenvalue weighted by Crippen LogP contribution is -2.25. The van der Waals surface area contributed by atoms with Crippen LogP contribution in [-0.2, 0) is 0 Å². The maximum absolute atomic E-state index is 6.28. The third-order valence-electron chi connectivity index (χ3n) is 4.07. The van der Waals surface area contributed by atoms with Crippen LogP contribution < -0.4 is 5.73 Å². The lowest BCUT2D eigenvalue weighted by molar-refractivity contribution is 0.225. The molecule has 1 aliphatic rings. The molecule has 0 saturated heterocycles. The summed E-state index contributed by atoms with van der Waals surface area (Å²) in [7, 11) is 0. The number of hydrogen-bond donors (Lipinski definition) is 1. The van der Waals surface area contributed by atoms with Crippen LogP contribution in [0.3, 0.4) is 0 Å². The molecule has 1 fully saturated rings. The van der Waals surface area contributed by atoms with Crippen LogP contribution in [0.25, 0.3) is 0 Å². The van der Waals surface area contributed by atoms with Crippen molar-refractivity contribution in [1.82, 2.24) is 0 Å². The van der Waals surface area contributed by atoms with Gasteiger partial charge in [-0.25, -0.2) is 0 Å². The molecule has 1 saturated carbocycles. The summed E-state index contributed by atoms with van der Waals surface area (Å²) in [5, 5.41) is 0. The quantitative estimate of drug-likeness (QED) is 0.843. The molecular weight excluding hydrogens is 198 g/mol. The highest BCUT2D eigenvalue weighted by molar-refractivity contribution is 5.10. The Kier molecular flexibility index (Phi) is 3.70. The third kappa shape index (κ3) is 2.49. The highest BCUT2D eigenvalue weighted by atomic mass is 16.3. The highest BCUT2D eigenvalue weighted by Crippen LogP contribution is 2.37. The molecule has 1 aromatic rings. The van der Waals surface area contributed by atoms with Gasteiger partial charge in [0.2, 0.25) is 0 Å². The van der Waals surface area contributed by atoms with E-state index in [-0.39, 0.29) is 6.04 Å². The number of nitrogens with two attached hydrogens (primary N) is 1. The van der Waals surface area contributed by atoms with Crippen LogP contribution in [-0.4, -0.2) is 0 Å². The van der Waals surface area contributed by atoms with Gasteiger partial charge in [-0.3, -0.25) is 0 Å². The lowest BCUT2D eigenvalue weighted by atomic mass is 9.77. The van der Waals surface area contributed by atoms with Crippen molar-refractivity contribution in [2.24, 2.45) is 17.6 Å². The molecule has 2 N–H and O–H groups in total. The van der Waals surface area contributed by atoms with E-state index in [1.165, 1.54) is 32.1 Å². The number of furan rings is 1. The van der Waals surface area contributed by atoms with Crippen molar-refractivity contribution < 1.29 is 4.42 Å². The lowest BCUT2D eigenvalue weighted by Gasteiger charge is -2.30. The zero-order chi connectivity index (χ0) is 11.5. The predicted octanol–water partition coefficient (Wildman–Crippen LogP) is 3.80. The minimum absolute atomic E-state index is 0.103. The average Bonchev–Trinajstić information content (AvgIpc) is 2.75. The molecule has 90 valence electrons. The van der Waals surface area contributed by atoms with Crippen molar-refractivity contribution in [1.29, 1.82) is 0 Å². The smallest absolute Gasteiger partial charge is 0.121 e. The fraction of sp³-hybridized carbons (Fsp3) is 0.714. The Morgan fingerprint density at radius 3 is 2.50 bits per heavy atom. The minimum Gasteiger partial charge on any atom is -0.465 e. The van der Waals surface area contributed by atoms with Gasteiger partial charge in [0.25, 0.3) is 0 Å². The summed E-state index contributed by atoms with van der Waals surface area (Å²) in [5.41, 5.74) is 6.28. The van der Waals surface area contributed by atoms with E-state index >= 15 is 0 Å². The van der Waals surface area contributed by atoms with Crippen LogP contribution >= 0.6 is 0 Å². The standard InChI is InChI=1S/C14H23NO/c1-3-11-5-7-12(8-6-11)14(15)13-9-4-10(2)16-13/h4,9,11-12,14H,3,5-8,15H2,1-2H3. The van der Waals surface area contributed by atoms with Crippen molar-refractivity contribution in [3.63, 3.8) is 0 Å². The zero-order valence-electron chi connectivity index (χ0n) is 10.4. The number of hydrogen-bond acceptors (Lipinski definition) is 2. The summed E-state index contributed by atoms with van der Waals surface area (Å²) in [5.74, 6) is 3.49. The average molecular weight is 221 g/mol. The van der Waals surface area contributed by atoms with Crippen LogP contribution in [0.15, 0.2) is 16.5 Å². The molecule has 2 rings (SSSR count). The fourth-order valence-electron chi connectivity index (χ4n) is 2.82. The summed E-state index contributed by atoms with van der Waals surface area (Å²) >= 11 is 0. The van der Waals surface area contributed by atoms with Crippen LogP contribution in [0.4, 0.5) is 0 Å². The van der Waals surface area contributed by atoms with Crippen molar-refractivity contribution in [2.45, 2.75) is 52.0 Å². The summed E-state index contributed by atoms with van der Waals surface area (Å²) in [6.07, 6.45) is 6.53. The largest absolute Gasteiger partial charge is 0.465 e. The number of rotatable bonds is 3. The second-order valence-corrected chi connectivity index (χ2v) is 5.16. The van der Waals surface area contributed by atoms with Gasteiger partial charge < -0.3 is 10.2 Å². The molecule has 0 aliphatic heterocycles. The van der Waals surface area contributed by atoms with Crippen molar-refractivity contribution in [2.75, 3.05) is 0 Å². The van der Waals surface area contributed by atoms with Crippen LogP contribution in [0, 0.1) is 18.8 Å². The normalized spacial score (nSPS) is 27.9. The van der Waals surface area contributed by atoms with E-state index in [4.69, 9.17) is 10.2 Å². The maximum Gasteiger partial charge on any atom is 0.121 e. The summed E-state index contributed by atoms with van der Waals surface area (Å²) in [6, 6.07) is 4.14. The molecule has 2 heteroatoms. The Labute approximate surface area is 98.2 Å². The van der Waals surface area contributed by atoms with Crippen molar-refractivity contribution >= 4 is 0 Å². The van der Waals surface area contributed by atoms with E-state index in [1.807, 2.05) is 19.1 Å². The maximum atomic E-state index is 6.28. The van der Waals surface area contributed by atoms with Gasteiger partial charge in [0.1, 0.15) is 11.5 Å². The molecule has 1 aromatic heterocycles. The van der Waals surface area contributed by atoms with Crippen molar-refractivity contribution in [3.05, 3.63) is 23.7 Å². The molecule has 1 heterocycles. The van der Waals surface area contributed by atoms with E-state index in [0.29, 0.717) is 5.92 Å². The molecular formula is C14H23NO. The SMILES string of the molecule is CCC1CCC(C(N)c2ccc(C)o2)CC1. The minimum atomic E-state index is 0.103. The Bertz CT molecular complexity index is 323. The fourth-order valence-corrected chi connectivity index (χ4v) is 2.82. The van der Waals surface area contributed by atoms with Gasteiger partial charge in [-0.2, -0.15) is 0 Å². The first kappa shape index (κ1) is 11.7. The van der Waals surface area contributed by atoms with Crippen molar-refractivity contribution in [3.8, 4) is 0 Å². The predicted molar refractivity (Wildman–Crippen MR) is 66.1 cm³/mol. The van der Waals surface area contributed by atoms with E-state index in [0.717, 1.165) is 17.4 Å². The molecule has 1 atom stereocenters. The molecule has 1 unspecified atom stereocenters. The van der Waals surface area contributed by atoms with Gasteiger partial charge in [-0.05, 0) is 43.7 Å².